The van der Waals surface area contributed by atoms with E-state index in [1.165, 1.54) is 4.80 Å². The van der Waals surface area contributed by atoms with Crippen LogP contribution in [0.15, 0.2) is 48.5 Å². The Balaban J connectivity index is 1.45. The summed E-state index contributed by atoms with van der Waals surface area (Å²) in [5.41, 5.74) is 2.09. The van der Waals surface area contributed by atoms with Crippen LogP contribution in [0, 0.1) is 0 Å². The number of nitrogens with zero attached hydrogens (tertiary/aromatic N) is 5. The maximum absolute atomic E-state index is 12.5. The zero-order valence-corrected chi connectivity index (χ0v) is 15.1. The minimum Gasteiger partial charge on any atom is -0.312 e. The number of carbonyl (C=O) groups excluding carboxylic acids is 2. The summed E-state index contributed by atoms with van der Waals surface area (Å²) in [5, 5.41) is 12.7. The van der Waals surface area contributed by atoms with E-state index >= 15 is 0 Å². The molecule has 0 atom stereocenters. The molecule has 7 nitrogen and oxygen atoms in total. The average Bonchev–Trinajstić information content (AvgIpc) is 3.31. The van der Waals surface area contributed by atoms with Crippen LogP contribution in [-0.4, -0.2) is 38.4 Å². The Labute approximate surface area is 160 Å². The predicted octanol–water partition coefficient (Wildman–Crippen LogP) is 3.00. The van der Waals surface area contributed by atoms with Gasteiger partial charge in [0.05, 0.1) is 0 Å². The molecule has 1 saturated heterocycles. The Morgan fingerprint density at radius 3 is 2.67 bits per heavy atom. The Kier molecular flexibility index (Phi) is 4.68. The number of hydrogen-bond acceptors (Lipinski definition) is 5. The Bertz CT molecular complexity index is 999. The van der Waals surface area contributed by atoms with Gasteiger partial charge >= 0.3 is 0 Å². The number of halogens is 1. The second kappa shape index (κ2) is 7.28. The summed E-state index contributed by atoms with van der Waals surface area (Å²) < 4.78 is 0. The summed E-state index contributed by atoms with van der Waals surface area (Å²) in [6.45, 7) is 0.705. The molecule has 2 heterocycles. The molecule has 3 aromatic rings. The van der Waals surface area contributed by atoms with Crippen LogP contribution >= 0.6 is 11.6 Å². The second-order valence-corrected chi connectivity index (χ2v) is 6.71. The average molecular weight is 382 g/mol. The van der Waals surface area contributed by atoms with Crippen LogP contribution in [0.25, 0.3) is 11.4 Å². The summed E-state index contributed by atoms with van der Waals surface area (Å²) in [4.78, 5) is 27.3. The number of aromatic nitrogens is 4. The molecule has 2 aromatic carbocycles. The molecule has 1 aliphatic rings. The van der Waals surface area contributed by atoms with Crippen molar-refractivity contribution < 1.29 is 9.59 Å². The largest absolute Gasteiger partial charge is 0.312 e. The number of anilines is 1. The van der Waals surface area contributed by atoms with Crippen molar-refractivity contribution in [3.05, 3.63) is 59.1 Å². The van der Waals surface area contributed by atoms with Gasteiger partial charge in [-0.2, -0.15) is 4.80 Å². The molecule has 0 saturated carbocycles. The van der Waals surface area contributed by atoms with Crippen molar-refractivity contribution >= 4 is 29.0 Å². The Hall–Kier alpha value is -3.06. The maximum atomic E-state index is 12.5. The quantitative estimate of drug-likeness (QED) is 0.634. The monoisotopic (exact) mass is 381 g/mol. The molecular weight excluding hydrogens is 366 g/mol. The van der Waals surface area contributed by atoms with Crippen LogP contribution < -0.4 is 4.90 Å². The van der Waals surface area contributed by atoms with Gasteiger partial charge in [-0.15, -0.1) is 10.2 Å². The molecular formula is C19H16ClN5O2. The van der Waals surface area contributed by atoms with Crippen molar-refractivity contribution in [1.82, 2.24) is 20.2 Å². The third-order valence-corrected chi connectivity index (χ3v) is 4.63. The fourth-order valence-corrected chi connectivity index (χ4v) is 3.21. The summed E-state index contributed by atoms with van der Waals surface area (Å²) in [5.74, 6) is 0.395. The molecule has 4 rings (SSSR count). The molecule has 0 radical (unpaired) electrons. The summed E-state index contributed by atoms with van der Waals surface area (Å²) in [6, 6.07) is 14.2. The van der Waals surface area contributed by atoms with Gasteiger partial charge in [0, 0.05) is 34.8 Å². The standard InChI is InChI=1S/C19H16ClN5O2/c20-15-4-1-3-14(11-15)19-21-23-25(22-19)12-17(26)13-6-8-16(9-7-13)24-10-2-5-18(24)27/h1,3-4,6-9,11H,2,5,10,12H2. The minimum atomic E-state index is -0.135. The predicted molar refractivity (Wildman–Crippen MR) is 101 cm³/mol. The van der Waals surface area contributed by atoms with Gasteiger partial charge in [-0.1, -0.05) is 23.7 Å². The first-order valence-electron chi connectivity index (χ1n) is 8.57. The van der Waals surface area contributed by atoms with Gasteiger partial charge in [0.1, 0.15) is 6.54 Å². The molecule has 1 amide bonds. The van der Waals surface area contributed by atoms with Crippen LogP contribution in [0.5, 0.6) is 0 Å². The van der Waals surface area contributed by atoms with Gasteiger partial charge in [0.2, 0.25) is 11.7 Å². The van der Waals surface area contributed by atoms with Crippen LogP contribution in [-0.2, 0) is 11.3 Å². The number of carbonyl (C=O) groups is 2. The van der Waals surface area contributed by atoms with Gasteiger partial charge < -0.3 is 4.90 Å². The number of amides is 1. The molecule has 0 aliphatic carbocycles. The van der Waals surface area contributed by atoms with Crippen molar-refractivity contribution in [1.29, 1.82) is 0 Å². The SMILES string of the molecule is O=C(Cn1nnc(-c2cccc(Cl)c2)n1)c1ccc(N2CCCC2=O)cc1. The van der Waals surface area contributed by atoms with E-state index in [0.717, 1.165) is 24.2 Å². The molecule has 136 valence electrons. The summed E-state index contributed by atoms with van der Waals surface area (Å²) in [6.07, 6.45) is 1.44. The van der Waals surface area contributed by atoms with E-state index in [1.54, 1.807) is 47.4 Å². The molecule has 8 heteroatoms. The van der Waals surface area contributed by atoms with Gasteiger partial charge in [-0.05, 0) is 48.0 Å². The van der Waals surface area contributed by atoms with Crippen molar-refractivity contribution in [3.8, 4) is 11.4 Å². The number of tetrazole rings is 1. The summed E-state index contributed by atoms with van der Waals surface area (Å²) >= 11 is 5.97. The zero-order valence-electron chi connectivity index (χ0n) is 14.4. The van der Waals surface area contributed by atoms with Crippen molar-refractivity contribution in [2.24, 2.45) is 0 Å². The third kappa shape index (κ3) is 3.73. The van der Waals surface area contributed by atoms with E-state index in [-0.39, 0.29) is 18.2 Å². The van der Waals surface area contributed by atoms with Gasteiger partial charge in [-0.25, -0.2) is 0 Å². The van der Waals surface area contributed by atoms with Crippen molar-refractivity contribution in [2.45, 2.75) is 19.4 Å². The lowest BCUT2D eigenvalue weighted by Gasteiger charge is -2.15. The number of rotatable bonds is 5. The van der Waals surface area contributed by atoms with E-state index in [4.69, 9.17) is 11.6 Å². The molecule has 0 unspecified atom stereocenters. The lowest BCUT2D eigenvalue weighted by molar-refractivity contribution is -0.117. The number of ketones is 1. The Morgan fingerprint density at radius 2 is 1.96 bits per heavy atom. The van der Waals surface area contributed by atoms with E-state index in [9.17, 15) is 9.59 Å². The van der Waals surface area contributed by atoms with Crippen molar-refractivity contribution in [2.75, 3.05) is 11.4 Å². The minimum absolute atomic E-state index is 0.0183. The fourth-order valence-electron chi connectivity index (χ4n) is 3.02. The normalized spacial score (nSPS) is 14.0. The highest BCUT2D eigenvalue weighted by Crippen LogP contribution is 2.22. The first kappa shape index (κ1) is 17.4. The maximum Gasteiger partial charge on any atom is 0.227 e. The third-order valence-electron chi connectivity index (χ3n) is 4.40. The number of Topliss-reactive ketones (excluding diaryl/α,β-unsaturated/α-hetero) is 1. The zero-order chi connectivity index (χ0) is 18.8. The van der Waals surface area contributed by atoms with E-state index < -0.39 is 0 Å². The smallest absolute Gasteiger partial charge is 0.227 e. The molecule has 1 aliphatic heterocycles. The first-order chi connectivity index (χ1) is 13.1. The van der Waals surface area contributed by atoms with Crippen LogP contribution in [0.1, 0.15) is 23.2 Å². The molecule has 0 bridgehead atoms. The van der Waals surface area contributed by atoms with Crippen LogP contribution in [0.3, 0.4) is 0 Å². The number of hydrogen-bond donors (Lipinski definition) is 0. The highest BCUT2D eigenvalue weighted by Gasteiger charge is 2.21. The van der Waals surface area contributed by atoms with Gasteiger partial charge in [0.15, 0.2) is 5.78 Å². The number of benzene rings is 2. The van der Waals surface area contributed by atoms with Crippen molar-refractivity contribution in [3.63, 3.8) is 0 Å². The molecule has 0 spiro atoms. The van der Waals surface area contributed by atoms with Gasteiger partial charge in [0.25, 0.3) is 0 Å². The van der Waals surface area contributed by atoms with E-state index in [2.05, 4.69) is 15.4 Å². The van der Waals surface area contributed by atoms with Gasteiger partial charge in [-0.3, -0.25) is 9.59 Å². The molecule has 1 aromatic heterocycles. The first-order valence-corrected chi connectivity index (χ1v) is 8.95. The lowest BCUT2D eigenvalue weighted by Crippen LogP contribution is -2.23. The van der Waals surface area contributed by atoms with Crippen LogP contribution in [0.4, 0.5) is 5.69 Å². The second-order valence-electron chi connectivity index (χ2n) is 6.27. The fraction of sp³-hybridized carbons (Fsp3) is 0.211. The Morgan fingerprint density at radius 1 is 1.15 bits per heavy atom. The summed E-state index contributed by atoms with van der Waals surface area (Å²) in [7, 11) is 0. The van der Waals surface area contributed by atoms with Crippen LogP contribution in [0.2, 0.25) is 5.02 Å². The molecule has 0 N–H and O–H groups in total. The van der Waals surface area contributed by atoms with E-state index in [1.807, 2.05) is 6.07 Å². The van der Waals surface area contributed by atoms with E-state index in [0.29, 0.717) is 22.8 Å². The highest BCUT2D eigenvalue weighted by molar-refractivity contribution is 6.30. The molecule has 27 heavy (non-hydrogen) atoms. The molecule has 1 fully saturated rings. The lowest BCUT2D eigenvalue weighted by atomic mass is 10.1. The highest BCUT2D eigenvalue weighted by atomic mass is 35.5. The topological polar surface area (TPSA) is 81.0 Å².